The molecule has 1 fully saturated rings. The van der Waals surface area contributed by atoms with Crippen LogP contribution in [0.25, 0.3) is 32.1 Å². The molecule has 6 heteroatoms. The van der Waals surface area contributed by atoms with Gasteiger partial charge in [-0.05, 0) is 60.3 Å². The van der Waals surface area contributed by atoms with E-state index in [1.165, 1.54) is 11.3 Å². The Morgan fingerprint density at radius 1 is 1.00 bits per heavy atom. The largest absolute Gasteiger partial charge is 0.336 e. The first-order valence-corrected chi connectivity index (χ1v) is 11.0. The molecule has 5 rings (SSSR count). The Labute approximate surface area is 178 Å². The average molecular weight is 418 g/mol. The molecule has 1 aliphatic heterocycles. The van der Waals surface area contributed by atoms with Gasteiger partial charge in [0.15, 0.2) is 0 Å². The van der Waals surface area contributed by atoms with Crippen LogP contribution in [0.1, 0.15) is 15.9 Å². The first kappa shape index (κ1) is 19.0. The van der Waals surface area contributed by atoms with Crippen molar-refractivity contribution < 1.29 is 4.79 Å². The number of likely N-dealkylation sites (N-methyl/N-ethyl adjacent to an activating group) is 1. The normalized spacial score (nSPS) is 15.2. The number of hydrogen-bond donors (Lipinski definition) is 1. The van der Waals surface area contributed by atoms with Gasteiger partial charge in [0.2, 0.25) is 0 Å². The molecule has 1 N–H and O–H groups in total. The number of rotatable bonds is 2. The second-order valence-electron chi connectivity index (χ2n) is 7.97. The van der Waals surface area contributed by atoms with Gasteiger partial charge in [-0.2, -0.15) is 0 Å². The second kappa shape index (κ2) is 7.38. The van der Waals surface area contributed by atoms with Gasteiger partial charge in [0.1, 0.15) is 4.70 Å². The molecule has 1 amide bonds. The molecular formula is C24H23N3O2S. The first-order chi connectivity index (χ1) is 14.5. The maximum absolute atomic E-state index is 12.9. The summed E-state index contributed by atoms with van der Waals surface area (Å²) in [7, 11) is 2.08. The summed E-state index contributed by atoms with van der Waals surface area (Å²) in [6, 6.07) is 13.9. The minimum atomic E-state index is -0.0459. The number of pyridine rings is 1. The van der Waals surface area contributed by atoms with Gasteiger partial charge in [0, 0.05) is 48.0 Å². The summed E-state index contributed by atoms with van der Waals surface area (Å²) in [6.07, 6.45) is 0. The molecule has 0 radical (unpaired) electrons. The number of aromatic nitrogens is 1. The first-order valence-electron chi connectivity index (χ1n) is 10.1. The summed E-state index contributed by atoms with van der Waals surface area (Å²) in [5, 5.41) is 4.00. The highest BCUT2D eigenvalue weighted by molar-refractivity contribution is 7.17. The number of aromatic amines is 1. The molecule has 0 unspecified atom stereocenters. The third-order valence-corrected chi connectivity index (χ3v) is 6.93. The van der Waals surface area contributed by atoms with Crippen molar-refractivity contribution >= 4 is 38.2 Å². The number of aryl methyl sites for hydroxylation is 1. The quantitative estimate of drug-likeness (QED) is 0.534. The van der Waals surface area contributed by atoms with Crippen molar-refractivity contribution in [2.24, 2.45) is 0 Å². The molecule has 5 nitrogen and oxygen atoms in total. The monoisotopic (exact) mass is 417 g/mol. The van der Waals surface area contributed by atoms with Crippen LogP contribution in [0.2, 0.25) is 0 Å². The number of fused-ring (bicyclic) bond motifs is 3. The van der Waals surface area contributed by atoms with Crippen LogP contribution in [0.3, 0.4) is 0 Å². The number of piperazine rings is 1. The summed E-state index contributed by atoms with van der Waals surface area (Å²) in [4.78, 5) is 32.5. The molecule has 0 atom stereocenters. The lowest BCUT2D eigenvalue weighted by molar-refractivity contribution is 0.0664. The number of amides is 1. The van der Waals surface area contributed by atoms with Crippen LogP contribution >= 0.6 is 11.3 Å². The van der Waals surface area contributed by atoms with E-state index < -0.39 is 0 Å². The van der Waals surface area contributed by atoms with Crippen LogP contribution in [0.4, 0.5) is 0 Å². The fourth-order valence-corrected chi connectivity index (χ4v) is 5.09. The molecule has 2 aromatic carbocycles. The summed E-state index contributed by atoms with van der Waals surface area (Å²) in [6.45, 7) is 5.44. The summed E-state index contributed by atoms with van der Waals surface area (Å²) < 4.78 is 0.746. The van der Waals surface area contributed by atoms with Crippen LogP contribution in [0.5, 0.6) is 0 Å². The minimum absolute atomic E-state index is 0.0459. The van der Waals surface area contributed by atoms with Crippen LogP contribution in [-0.2, 0) is 0 Å². The van der Waals surface area contributed by atoms with E-state index in [1.807, 2.05) is 52.7 Å². The molecule has 1 saturated heterocycles. The topological polar surface area (TPSA) is 56.4 Å². The number of H-pyrrole nitrogens is 1. The van der Waals surface area contributed by atoms with Crippen LogP contribution in [0, 0.1) is 6.92 Å². The molecular weight excluding hydrogens is 394 g/mol. The zero-order valence-electron chi connectivity index (χ0n) is 17.1. The van der Waals surface area contributed by atoms with Crippen molar-refractivity contribution in [3.63, 3.8) is 0 Å². The Kier molecular flexibility index (Phi) is 4.68. The molecule has 152 valence electrons. The Morgan fingerprint density at radius 3 is 2.47 bits per heavy atom. The maximum atomic E-state index is 12.9. The van der Waals surface area contributed by atoms with Crippen molar-refractivity contribution in [2.75, 3.05) is 33.2 Å². The number of carbonyl (C=O) groups is 1. The molecule has 2 aromatic heterocycles. The van der Waals surface area contributed by atoms with E-state index in [9.17, 15) is 9.59 Å². The highest BCUT2D eigenvalue weighted by Gasteiger charge is 2.21. The number of carbonyl (C=O) groups excluding carboxylic acids is 1. The lowest BCUT2D eigenvalue weighted by Crippen LogP contribution is -2.47. The molecule has 4 aromatic rings. The third-order valence-electron chi connectivity index (χ3n) is 6.01. The summed E-state index contributed by atoms with van der Waals surface area (Å²) >= 11 is 1.46. The zero-order chi connectivity index (χ0) is 20.8. The third kappa shape index (κ3) is 3.13. The maximum Gasteiger partial charge on any atom is 0.266 e. The average Bonchev–Trinajstić information content (AvgIpc) is 3.25. The van der Waals surface area contributed by atoms with E-state index in [4.69, 9.17) is 0 Å². The predicted molar refractivity (Wildman–Crippen MR) is 124 cm³/mol. The molecule has 1 aliphatic rings. The van der Waals surface area contributed by atoms with Crippen molar-refractivity contribution in [1.29, 1.82) is 0 Å². The molecule has 0 bridgehead atoms. The predicted octanol–water partition coefficient (Wildman–Crippen LogP) is 4.11. The van der Waals surface area contributed by atoms with Gasteiger partial charge >= 0.3 is 0 Å². The smallest absolute Gasteiger partial charge is 0.266 e. The summed E-state index contributed by atoms with van der Waals surface area (Å²) in [5.41, 5.74) is 4.80. The van der Waals surface area contributed by atoms with Crippen molar-refractivity contribution in [3.8, 4) is 11.1 Å². The highest BCUT2D eigenvalue weighted by Crippen LogP contribution is 2.36. The Hall–Kier alpha value is -2.96. The Bertz CT molecular complexity index is 1310. The second-order valence-corrected chi connectivity index (χ2v) is 8.89. The molecule has 0 aliphatic carbocycles. The van der Waals surface area contributed by atoms with Crippen LogP contribution in [-0.4, -0.2) is 53.9 Å². The van der Waals surface area contributed by atoms with Crippen molar-refractivity contribution in [2.45, 2.75) is 6.92 Å². The Morgan fingerprint density at radius 2 is 1.73 bits per heavy atom. The van der Waals surface area contributed by atoms with E-state index in [1.54, 1.807) is 0 Å². The van der Waals surface area contributed by atoms with Gasteiger partial charge in [-0.25, -0.2) is 0 Å². The fourth-order valence-electron chi connectivity index (χ4n) is 4.30. The standard InChI is InChI=1S/C24H23N3O2S/c1-15-3-8-19-21(18-9-14-30-22(18)23(28)25-19)20(15)16-4-6-17(7-5-16)24(29)27-12-10-26(2)11-13-27/h3-9,14H,10-13H2,1-2H3,(H,25,28). The SMILES string of the molecule is Cc1ccc2[nH]c(=O)c3sccc3c2c1-c1ccc(C(=O)N2CCN(C)CC2)cc1. The van der Waals surface area contributed by atoms with E-state index >= 15 is 0 Å². The summed E-state index contributed by atoms with van der Waals surface area (Å²) in [5.74, 6) is 0.0915. The minimum Gasteiger partial charge on any atom is -0.336 e. The lowest BCUT2D eigenvalue weighted by atomic mass is 9.93. The van der Waals surface area contributed by atoms with Gasteiger partial charge in [0.05, 0.1) is 0 Å². The van der Waals surface area contributed by atoms with Crippen LogP contribution < -0.4 is 5.56 Å². The molecule has 0 spiro atoms. The van der Waals surface area contributed by atoms with E-state index in [-0.39, 0.29) is 11.5 Å². The number of hydrogen-bond acceptors (Lipinski definition) is 4. The number of thiophene rings is 1. The number of nitrogens with zero attached hydrogens (tertiary/aromatic N) is 2. The van der Waals surface area contributed by atoms with E-state index in [0.717, 1.165) is 69.4 Å². The molecule has 3 heterocycles. The molecule has 30 heavy (non-hydrogen) atoms. The lowest BCUT2D eigenvalue weighted by Gasteiger charge is -2.32. The van der Waals surface area contributed by atoms with Gasteiger partial charge < -0.3 is 14.8 Å². The van der Waals surface area contributed by atoms with Gasteiger partial charge in [-0.3, -0.25) is 9.59 Å². The van der Waals surface area contributed by atoms with Gasteiger partial charge in [-0.15, -0.1) is 11.3 Å². The van der Waals surface area contributed by atoms with E-state index in [0.29, 0.717) is 0 Å². The van der Waals surface area contributed by atoms with E-state index in [2.05, 4.69) is 23.9 Å². The number of nitrogens with one attached hydrogen (secondary N) is 1. The number of benzene rings is 2. The van der Waals surface area contributed by atoms with Crippen molar-refractivity contribution in [1.82, 2.24) is 14.8 Å². The van der Waals surface area contributed by atoms with Gasteiger partial charge in [0.25, 0.3) is 11.5 Å². The van der Waals surface area contributed by atoms with Crippen molar-refractivity contribution in [3.05, 3.63) is 69.3 Å². The van der Waals surface area contributed by atoms with Crippen LogP contribution in [0.15, 0.2) is 52.6 Å². The highest BCUT2D eigenvalue weighted by atomic mass is 32.1. The fraction of sp³-hybridized carbons (Fsp3) is 0.250. The Balaban J connectivity index is 1.58. The van der Waals surface area contributed by atoms with Gasteiger partial charge in [-0.1, -0.05) is 18.2 Å². The zero-order valence-corrected chi connectivity index (χ0v) is 17.9. The molecule has 0 saturated carbocycles.